The fourth-order valence-corrected chi connectivity index (χ4v) is 0.768. The molecule has 0 bridgehead atoms. The van der Waals surface area contributed by atoms with E-state index in [0.717, 1.165) is 12.1 Å². The van der Waals surface area contributed by atoms with Crippen molar-refractivity contribution in [1.82, 2.24) is 5.16 Å². The van der Waals surface area contributed by atoms with Crippen molar-refractivity contribution >= 4 is 0 Å². The molecule has 0 atom stereocenters. The lowest BCUT2D eigenvalue weighted by atomic mass is 10.2. The molecule has 1 aromatic rings. The molecule has 0 fully saturated rings. The van der Waals surface area contributed by atoms with E-state index in [1.807, 2.05) is 13.3 Å². The summed E-state index contributed by atoms with van der Waals surface area (Å²) in [5.74, 6) is 0. The van der Waals surface area contributed by atoms with Crippen molar-refractivity contribution in [1.29, 1.82) is 0 Å². The summed E-state index contributed by atoms with van der Waals surface area (Å²) in [5, 5.41) is 3.77. The zero-order chi connectivity index (χ0) is 6.69. The van der Waals surface area contributed by atoms with E-state index in [1.165, 1.54) is 5.56 Å². The minimum atomic E-state index is 0.970. The summed E-state index contributed by atoms with van der Waals surface area (Å²) in [4.78, 5) is 0. The predicted molar refractivity (Wildman–Crippen MR) is 35.0 cm³/mol. The molecule has 1 heterocycles. The fourth-order valence-electron chi connectivity index (χ4n) is 0.768. The van der Waals surface area contributed by atoms with Gasteiger partial charge in [-0.25, -0.2) is 0 Å². The molecule has 1 aromatic heterocycles. The first kappa shape index (κ1) is 6.33. The van der Waals surface area contributed by atoms with Gasteiger partial charge in [0.15, 0.2) is 0 Å². The summed E-state index contributed by atoms with van der Waals surface area (Å²) < 4.78 is 4.75. The Morgan fingerprint density at radius 1 is 1.78 bits per heavy atom. The lowest BCUT2D eigenvalue weighted by Crippen LogP contribution is -1.83. The Kier molecular flexibility index (Phi) is 1.88. The van der Waals surface area contributed by atoms with Crippen LogP contribution in [-0.4, -0.2) is 5.16 Å². The highest BCUT2D eigenvalue weighted by atomic mass is 16.5. The topological polar surface area (TPSA) is 26.0 Å². The monoisotopic (exact) mass is 124 g/mol. The first-order valence-electron chi connectivity index (χ1n) is 3.11. The molecule has 0 spiro atoms. The van der Waals surface area contributed by atoms with Gasteiger partial charge < -0.3 is 4.52 Å². The molecule has 0 unspecified atom stereocenters. The average molecular weight is 124 g/mol. The van der Waals surface area contributed by atoms with Crippen LogP contribution in [0, 0.1) is 6.42 Å². The number of hydrogen-bond donors (Lipinski definition) is 0. The number of aromatic nitrogens is 1. The Labute approximate surface area is 54.9 Å². The molecule has 0 aromatic carbocycles. The molecular formula is C7H10NO. The first-order valence-corrected chi connectivity index (χ1v) is 3.11. The highest BCUT2D eigenvalue weighted by molar-refractivity contribution is 5.20. The van der Waals surface area contributed by atoms with Crippen molar-refractivity contribution in [3.05, 3.63) is 23.9 Å². The van der Waals surface area contributed by atoms with Crippen LogP contribution in [0.1, 0.15) is 25.1 Å². The zero-order valence-electron chi connectivity index (χ0n) is 5.72. The molecule has 49 valence electrons. The van der Waals surface area contributed by atoms with E-state index in [9.17, 15) is 0 Å². The maximum absolute atomic E-state index is 4.75. The van der Waals surface area contributed by atoms with Gasteiger partial charge in [-0.2, -0.15) is 0 Å². The fraction of sp³-hybridized carbons (Fsp3) is 0.429. The van der Waals surface area contributed by atoms with Gasteiger partial charge in [-0.15, -0.1) is 0 Å². The lowest BCUT2D eigenvalue weighted by molar-refractivity contribution is 0.415. The van der Waals surface area contributed by atoms with E-state index < -0.39 is 0 Å². The number of rotatable bonds is 2. The maximum Gasteiger partial charge on any atom is 0.127 e. The molecule has 0 aliphatic heterocycles. The van der Waals surface area contributed by atoms with Gasteiger partial charge in [0.1, 0.15) is 6.26 Å². The van der Waals surface area contributed by atoms with Crippen LogP contribution >= 0.6 is 0 Å². The van der Waals surface area contributed by atoms with E-state index in [-0.39, 0.29) is 0 Å². The van der Waals surface area contributed by atoms with Crippen LogP contribution in [0.2, 0.25) is 0 Å². The molecule has 0 aliphatic carbocycles. The zero-order valence-corrected chi connectivity index (χ0v) is 5.72. The minimum absolute atomic E-state index is 0.970. The SMILES string of the molecule is C[CH]c1nocc1CC. The Hall–Kier alpha value is -0.790. The van der Waals surface area contributed by atoms with Crippen molar-refractivity contribution in [3.8, 4) is 0 Å². The second kappa shape index (κ2) is 2.67. The van der Waals surface area contributed by atoms with Crippen molar-refractivity contribution in [3.63, 3.8) is 0 Å². The smallest absolute Gasteiger partial charge is 0.127 e. The second-order valence-electron chi connectivity index (χ2n) is 1.87. The molecule has 0 N–H and O–H groups in total. The molecule has 0 aliphatic rings. The van der Waals surface area contributed by atoms with Crippen LogP contribution < -0.4 is 0 Å². The molecular weight excluding hydrogens is 114 g/mol. The van der Waals surface area contributed by atoms with Crippen molar-refractivity contribution in [2.75, 3.05) is 0 Å². The summed E-state index contributed by atoms with van der Waals surface area (Å²) in [6.07, 6.45) is 4.63. The third-order valence-electron chi connectivity index (χ3n) is 1.33. The Balaban J connectivity index is 2.85. The van der Waals surface area contributed by atoms with Crippen LogP contribution in [0.4, 0.5) is 0 Å². The number of nitrogens with zero attached hydrogens (tertiary/aromatic N) is 1. The Morgan fingerprint density at radius 2 is 2.56 bits per heavy atom. The predicted octanol–water partition coefficient (Wildman–Crippen LogP) is 1.81. The molecule has 1 radical (unpaired) electrons. The van der Waals surface area contributed by atoms with E-state index in [0.29, 0.717) is 0 Å². The van der Waals surface area contributed by atoms with Crippen molar-refractivity contribution in [2.24, 2.45) is 0 Å². The van der Waals surface area contributed by atoms with Crippen LogP contribution in [0.5, 0.6) is 0 Å². The molecule has 2 nitrogen and oxygen atoms in total. The minimum Gasteiger partial charge on any atom is -0.364 e. The van der Waals surface area contributed by atoms with E-state index in [2.05, 4.69) is 12.1 Å². The summed E-state index contributed by atoms with van der Waals surface area (Å²) in [5.41, 5.74) is 2.15. The molecule has 0 saturated carbocycles. The molecule has 9 heavy (non-hydrogen) atoms. The Bertz CT molecular complexity index is 162. The summed E-state index contributed by atoms with van der Waals surface area (Å²) in [6.45, 7) is 4.04. The standard InChI is InChI=1S/C7H10NO/c1-3-6-5-9-8-7(6)4-2/h4-5H,3H2,1-2H3. The van der Waals surface area contributed by atoms with Gasteiger partial charge in [-0.3, -0.25) is 0 Å². The highest BCUT2D eigenvalue weighted by Crippen LogP contribution is 2.08. The van der Waals surface area contributed by atoms with Gasteiger partial charge in [0.25, 0.3) is 0 Å². The largest absolute Gasteiger partial charge is 0.364 e. The Morgan fingerprint density at radius 3 is 3.00 bits per heavy atom. The van der Waals surface area contributed by atoms with Crippen molar-refractivity contribution in [2.45, 2.75) is 20.3 Å². The van der Waals surface area contributed by atoms with Crippen molar-refractivity contribution < 1.29 is 4.52 Å². The second-order valence-corrected chi connectivity index (χ2v) is 1.87. The number of hydrogen-bond acceptors (Lipinski definition) is 2. The van der Waals surface area contributed by atoms with Crippen LogP contribution in [0.3, 0.4) is 0 Å². The van der Waals surface area contributed by atoms with E-state index >= 15 is 0 Å². The van der Waals surface area contributed by atoms with Gasteiger partial charge in [-0.05, 0) is 6.42 Å². The van der Waals surface area contributed by atoms with Crippen LogP contribution in [0.25, 0.3) is 0 Å². The average Bonchev–Trinajstić information content (AvgIpc) is 2.33. The molecule has 0 amide bonds. The quantitative estimate of drug-likeness (QED) is 0.601. The third kappa shape index (κ3) is 1.12. The highest BCUT2D eigenvalue weighted by Gasteiger charge is 2.00. The molecule has 1 rings (SSSR count). The van der Waals surface area contributed by atoms with Gasteiger partial charge in [0.2, 0.25) is 0 Å². The molecule has 0 saturated heterocycles. The van der Waals surface area contributed by atoms with Gasteiger partial charge in [0, 0.05) is 12.0 Å². The molecule has 2 heteroatoms. The lowest BCUT2D eigenvalue weighted by Gasteiger charge is -1.88. The van der Waals surface area contributed by atoms with Gasteiger partial charge >= 0.3 is 0 Å². The number of aryl methyl sites for hydroxylation is 1. The first-order chi connectivity index (χ1) is 4.38. The summed E-state index contributed by atoms with van der Waals surface area (Å²) in [7, 11) is 0. The van der Waals surface area contributed by atoms with E-state index in [4.69, 9.17) is 4.52 Å². The van der Waals surface area contributed by atoms with Gasteiger partial charge in [0.05, 0.1) is 5.69 Å². The summed E-state index contributed by atoms with van der Waals surface area (Å²) >= 11 is 0. The van der Waals surface area contributed by atoms with Gasteiger partial charge in [-0.1, -0.05) is 19.0 Å². The third-order valence-corrected chi connectivity index (χ3v) is 1.33. The van der Waals surface area contributed by atoms with Crippen LogP contribution in [0.15, 0.2) is 10.8 Å². The summed E-state index contributed by atoms with van der Waals surface area (Å²) in [6, 6.07) is 0. The maximum atomic E-state index is 4.75. The van der Waals surface area contributed by atoms with E-state index in [1.54, 1.807) is 6.26 Å². The normalized spacial score (nSPS) is 10.0. The van der Waals surface area contributed by atoms with Crippen LogP contribution in [-0.2, 0) is 6.42 Å².